The average Bonchev–Trinajstić information content (AvgIpc) is 2.87. The van der Waals surface area contributed by atoms with Gasteiger partial charge in [-0.05, 0) is 49.7 Å². The predicted molar refractivity (Wildman–Crippen MR) is 96.8 cm³/mol. The van der Waals surface area contributed by atoms with E-state index >= 15 is 0 Å². The van der Waals surface area contributed by atoms with E-state index in [4.69, 9.17) is 0 Å². The molecule has 0 unspecified atom stereocenters. The Balaban J connectivity index is 1.74. The molecular formula is C21H22F2N2. The molecule has 4 heteroatoms. The highest BCUT2D eigenvalue weighted by Crippen LogP contribution is 2.31. The number of hydrogen-bond acceptors (Lipinski definition) is 1. The number of aromatic nitrogens is 1. The van der Waals surface area contributed by atoms with Gasteiger partial charge in [0.25, 0.3) is 0 Å². The summed E-state index contributed by atoms with van der Waals surface area (Å²) < 4.78 is 29.4. The molecule has 1 aliphatic rings. The van der Waals surface area contributed by atoms with E-state index < -0.39 is 11.6 Å². The van der Waals surface area contributed by atoms with E-state index in [1.165, 1.54) is 33.8 Å². The number of halogens is 2. The van der Waals surface area contributed by atoms with E-state index in [-0.39, 0.29) is 0 Å². The third-order valence-corrected chi connectivity index (χ3v) is 5.22. The Hall–Kier alpha value is -2.20. The van der Waals surface area contributed by atoms with E-state index in [9.17, 15) is 8.78 Å². The molecule has 0 saturated carbocycles. The summed E-state index contributed by atoms with van der Waals surface area (Å²) in [5.41, 5.74) is 5.80. The van der Waals surface area contributed by atoms with Gasteiger partial charge in [0.2, 0.25) is 0 Å². The van der Waals surface area contributed by atoms with Crippen LogP contribution in [0.25, 0.3) is 10.9 Å². The van der Waals surface area contributed by atoms with Gasteiger partial charge in [-0.15, -0.1) is 0 Å². The average molecular weight is 340 g/mol. The summed E-state index contributed by atoms with van der Waals surface area (Å²) in [4.78, 5) is 2.34. The maximum atomic E-state index is 14.0. The highest BCUT2D eigenvalue weighted by Gasteiger charge is 2.22. The van der Waals surface area contributed by atoms with Crippen molar-refractivity contribution in [3.8, 4) is 0 Å². The summed E-state index contributed by atoms with van der Waals surface area (Å²) in [6.07, 6.45) is 1.57. The van der Waals surface area contributed by atoms with Crippen molar-refractivity contribution >= 4 is 10.9 Å². The molecule has 1 aromatic heterocycles. The lowest BCUT2D eigenvalue weighted by Crippen LogP contribution is -2.27. The summed E-state index contributed by atoms with van der Waals surface area (Å²) in [5, 5.41) is 1.31. The third kappa shape index (κ3) is 2.95. The van der Waals surface area contributed by atoms with Crippen molar-refractivity contribution in [2.45, 2.75) is 32.9 Å². The monoisotopic (exact) mass is 340 g/mol. The van der Waals surface area contributed by atoms with Gasteiger partial charge in [0.15, 0.2) is 0 Å². The van der Waals surface area contributed by atoms with Gasteiger partial charge >= 0.3 is 0 Å². The lowest BCUT2D eigenvalue weighted by molar-refractivity contribution is 0.309. The zero-order valence-corrected chi connectivity index (χ0v) is 14.6. The van der Waals surface area contributed by atoms with Crippen LogP contribution in [0.2, 0.25) is 0 Å². The van der Waals surface area contributed by atoms with Crippen molar-refractivity contribution in [1.82, 2.24) is 9.47 Å². The fourth-order valence-electron chi connectivity index (χ4n) is 3.91. The smallest absolute Gasteiger partial charge is 0.129 e. The van der Waals surface area contributed by atoms with Crippen LogP contribution in [0.15, 0.2) is 36.4 Å². The molecule has 0 saturated heterocycles. The summed E-state index contributed by atoms with van der Waals surface area (Å²) in [6, 6.07) is 10.4. The van der Waals surface area contributed by atoms with Gasteiger partial charge in [-0.2, -0.15) is 0 Å². The largest absolute Gasteiger partial charge is 0.344 e. The Labute approximate surface area is 146 Å². The molecule has 0 aliphatic carbocycles. The Kier molecular flexibility index (Phi) is 4.08. The topological polar surface area (TPSA) is 8.17 Å². The first-order chi connectivity index (χ1) is 12.0. The molecule has 0 amide bonds. The number of hydrogen-bond donors (Lipinski definition) is 0. The van der Waals surface area contributed by atoms with Gasteiger partial charge in [-0.25, -0.2) is 8.78 Å². The van der Waals surface area contributed by atoms with Gasteiger partial charge in [-0.1, -0.05) is 17.7 Å². The third-order valence-electron chi connectivity index (χ3n) is 5.22. The fourth-order valence-corrected chi connectivity index (χ4v) is 3.91. The van der Waals surface area contributed by atoms with Crippen LogP contribution < -0.4 is 0 Å². The maximum Gasteiger partial charge on any atom is 0.129 e. The van der Waals surface area contributed by atoms with Gasteiger partial charge in [0.1, 0.15) is 11.6 Å². The molecule has 0 atom stereocenters. The number of rotatable bonds is 3. The van der Waals surface area contributed by atoms with E-state index in [0.29, 0.717) is 18.5 Å². The number of nitrogens with zero attached hydrogens (tertiary/aromatic N) is 2. The van der Waals surface area contributed by atoms with Crippen molar-refractivity contribution in [2.24, 2.45) is 0 Å². The van der Waals surface area contributed by atoms with E-state index in [0.717, 1.165) is 25.6 Å². The summed E-state index contributed by atoms with van der Waals surface area (Å²) in [7, 11) is 2.15. The van der Waals surface area contributed by atoms with E-state index in [1.807, 2.05) is 0 Å². The predicted octanol–water partition coefficient (Wildman–Crippen LogP) is 4.46. The molecule has 3 aromatic rings. The van der Waals surface area contributed by atoms with Crippen LogP contribution in [0.1, 0.15) is 22.4 Å². The lowest BCUT2D eigenvalue weighted by atomic mass is 10.0. The summed E-state index contributed by atoms with van der Waals surface area (Å²) in [5.74, 6) is -0.982. The molecule has 4 rings (SSSR count). The van der Waals surface area contributed by atoms with Gasteiger partial charge in [0, 0.05) is 48.7 Å². The summed E-state index contributed by atoms with van der Waals surface area (Å²) in [6.45, 7) is 4.81. The highest BCUT2D eigenvalue weighted by molar-refractivity contribution is 5.86. The molecule has 2 aromatic carbocycles. The van der Waals surface area contributed by atoms with Gasteiger partial charge in [0.05, 0.1) is 0 Å². The number of benzene rings is 2. The normalized spacial score (nSPS) is 14.9. The standard InChI is InChI=1S/C21H22F2N2/c1-14-3-6-20-17(11-14)18-13-24(2)9-8-21(18)25(20)10-7-15-4-5-16(22)12-19(15)23/h3-6,11-12H,7-10,13H2,1-2H3. The molecule has 0 bridgehead atoms. The Morgan fingerprint density at radius 2 is 1.92 bits per heavy atom. The van der Waals surface area contributed by atoms with Crippen LogP contribution in [0, 0.1) is 18.6 Å². The lowest BCUT2D eigenvalue weighted by Gasteiger charge is -2.24. The van der Waals surface area contributed by atoms with Crippen LogP contribution in [0.5, 0.6) is 0 Å². The molecular weight excluding hydrogens is 318 g/mol. The van der Waals surface area contributed by atoms with Crippen molar-refractivity contribution in [1.29, 1.82) is 0 Å². The number of fused-ring (bicyclic) bond motifs is 3. The van der Waals surface area contributed by atoms with Crippen LogP contribution in [0.3, 0.4) is 0 Å². The molecule has 25 heavy (non-hydrogen) atoms. The first-order valence-electron chi connectivity index (χ1n) is 8.76. The second-order valence-electron chi connectivity index (χ2n) is 7.07. The molecule has 0 N–H and O–H groups in total. The van der Waals surface area contributed by atoms with E-state index in [1.54, 1.807) is 6.07 Å². The van der Waals surface area contributed by atoms with Crippen LogP contribution >= 0.6 is 0 Å². The van der Waals surface area contributed by atoms with Crippen molar-refractivity contribution in [2.75, 3.05) is 13.6 Å². The Morgan fingerprint density at radius 1 is 1.08 bits per heavy atom. The molecule has 0 fully saturated rings. The zero-order chi connectivity index (χ0) is 17.6. The molecule has 2 heterocycles. The van der Waals surface area contributed by atoms with Crippen LogP contribution in [0.4, 0.5) is 8.78 Å². The first kappa shape index (κ1) is 16.3. The van der Waals surface area contributed by atoms with Gasteiger partial charge < -0.3 is 9.47 Å². The maximum absolute atomic E-state index is 14.0. The summed E-state index contributed by atoms with van der Waals surface area (Å²) >= 11 is 0. The highest BCUT2D eigenvalue weighted by atomic mass is 19.1. The molecule has 2 nitrogen and oxygen atoms in total. The SMILES string of the molecule is Cc1ccc2c(c1)c1c(n2CCc2ccc(F)cc2F)CCN(C)C1. The van der Waals surface area contributed by atoms with Crippen molar-refractivity contribution in [3.63, 3.8) is 0 Å². The first-order valence-corrected chi connectivity index (χ1v) is 8.76. The molecule has 130 valence electrons. The second-order valence-corrected chi connectivity index (χ2v) is 7.07. The quantitative estimate of drug-likeness (QED) is 0.683. The second kappa shape index (κ2) is 6.26. The molecule has 1 aliphatic heterocycles. The molecule has 0 radical (unpaired) electrons. The minimum Gasteiger partial charge on any atom is -0.344 e. The zero-order valence-electron chi connectivity index (χ0n) is 14.6. The van der Waals surface area contributed by atoms with Crippen LogP contribution in [-0.4, -0.2) is 23.1 Å². The van der Waals surface area contributed by atoms with Gasteiger partial charge in [-0.3, -0.25) is 0 Å². The van der Waals surface area contributed by atoms with Crippen LogP contribution in [-0.2, 0) is 25.9 Å². The number of aryl methyl sites for hydroxylation is 3. The molecule has 0 spiro atoms. The minimum atomic E-state index is -0.524. The number of likely N-dealkylation sites (N-methyl/N-ethyl adjacent to an activating group) is 1. The fraction of sp³-hybridized carbons (Fsp3) is 0.333. The van der Waals surface area contributed by atoms with E-state index in [2.05, 4.69) is 41.6 Å². The van der Waals surface area contributed by atoms with Crippen molar-refractivity contribution in [3.05, 3.63) is 70.4 Å². The van der Waals surface area contributed by atoms with Crippen molar-refractivity contribution < 1.29 is 8.78 Å². The Morgan fingerprint density at radius 3 is 2.72 bits per heavy atom. The Bertz CT molecular complexity index is 943. The minimum absolute atomic E-state index is 0.457.